The summed E-state index contributed by atoms with van der Waals surface area (Å²) < 4.78 is 0. The minimum absolute atomic E-state index is 0.610. The van der Waals surface area contributed by atoms with E-state index in [1.807, 2.05) is 36.4 Å². The Morgan fingerprint density at radius 2 is 1.03 bits per heavy atom. The molecule has 4 aromatic rings. The van der Waals surface area contributed by atoms with E-state index in [1.165, 1.54) is 33.4 Å². The molecule has 0 saturated heterocycles. The fourth-order valence-corrected chi connectivity index (χ4v) is 5.03. The first-order valence-corrected chi connectivity index (χ1v) is 10.4. The zero-order valence-corrected chi connectivity index (χ0v) is 17.6. The van der Waals surface area contributed by atoms with E-state index in [0.29, 0.717) is 11.1 Å². The molecule has 1 aliphatic rings. The fraction of sp³-hybridized carbons (Fsp3) is 0.103. The lowest BCUT2D eigenvalue weighted by Crippen LogP contribution is -2.29. The lowest BCUT2D eigenvalue weighted by atomic mass is 9.67. The maximum Gasteiger partial charge on any atom is 0.150 e. The summed E-state index contributed by atoms with van der Waals surface area (Å²) in [5.41, 5.74) is 9.79. The topological polar surface area (TPSA) is 34.1 Å². The number of carbonyl (C=O) groups is 2. The molecule has 0 spiro atoms. The molecule has 0 saturated carbocycles. The van der Waals surface area contributed by atoms with Crippen LogP contribution in [0.2, 0.25) is 0 Å². The summed E-state index contributed by atoms with van der Waals surface area (Å²) in [4.78, 5) is 23.3. The molecule has 0 bridgehead atoms. The van der Waals surface area contributed by atoms with Gasteiger partial charge in [0.1, 0.15) is 12.6 Å². The van der Waals surface area contributed by atoms with Crippen LogP contribution in [0, 0.1) is 13.8 Å². The van der Waals surface area contributed by atoms with E-state index in [1.54, 1.807) is 0 Å². The second-order valence-electron chi connectivity index (χ2n) is 8.33. The molecule has 0 atom stereocenters. The predicted molar refractivity (Wildman–Crippen MR) is 124 cm³/mol. The van der Waals surface area contributed by atoms with Gasteiger partial charge in [-0.25, -0.2) is 0 Å². The van der Waals surface area contributed by atoms with Gasteiger partial charge in [-0.3, -0.25) is 9.59 Å². The van der Waals surface area contributed by atoms with Gasteiger partial charge in [0.05, 0.1) is 5.41 Å². The van der Waals surface area contributed by atoms with Crippen molar-refractivity contribution >= 4 is 12.6 Å². The van der Waals surface area contributed by atoms with Crippen molar-refractivity contribution in [3.8, 4) is 11.1 Å². The van der Waals surface area contributed by atoms with Gasteiger partial charge in [-0.15, -0.1) is 0 Å². The van der Waals surface area contributed by atoms with Crippen LogP contribution >= 0.6 is 0 Å². The molecule has 31 heavy (non-hydrogen) atoms. The molecule has 4 aromatic carbocycles. The van der Waals surface area contributed by atoms with Crippen LogP contribution in [-0.2, 0) is 5.41 Å². The Hall–Kier alpha value is -3.78. The van der Waals surface area contributed by atoms with E-state index in [9.17, 15) is 9.59 Å². The first-order chi connectivity index (χ1) is 15.1. The van der Waals surface area contributed by atoms with Crippen LogP contribution in [0.3, 0.4) is 0 Å². The zero-order valence-electron chi connectivity index (χ0n) is 17.6. The fourth-order valence-electron chi connectivity index (χ4n) is 5.03. The first-order valence-electron chi connectivity index (χ1n) is 10.4. The average molecular weight is 402 g/mol. The quantitative estimate of drug-likeness (QED) is 0.331. The van der Waals surface area contributed by atoms with E-state index in [2.05, 4.69) is 62.4 Å². The summed E-state index contributed by atoms with van der Waals surface area (Å²) in [7, 11) is 0. The molecule has 0 radical (unpaired) electrons. The van der Waals surface area contributed by atoms with Gasteiger partial charge in [0.25, 0.3) is 0 Å². The number of rotatable bonds is 4. The molecule has 0 aliphatic heterocycles. The summed E-state index contributed by atoms with van der Waals surface area (Å²) in [5, 5.41) is 0. The van der Waals surface area contributed by atoms with E-state index < -0.39 is 5.41 Å². The van der Waals surface area contributed by atoms with Crippen LogP contribution in [0.1, 0.15) is 54.1 Å². The van der Waals surface area contributed by atoms with Gasteiger partial charge in [-0.05, 0) is 59.4 Å². The Bertz CT molecular complexity index is 1240. The van der Waals surface area contributed by atoms with E-state index in [0.717, 1.165) is 23.7 Å². The summed E-state index contributed by atoms with van der Waals surface area (Å²) in [6.07, 6.45) is 1.78. The van der Waals surface area contributed by atoms with E-state index >= 15 is 0 Å². The van der Waals surface area contributed by atoms with Crippen molar-refractivity contribution < 1.29 is 9.59 Å². The third-order valence-corrected chi connectivity index (χ3v) is 6.36. The second-order valence-corrected chi connectivity index (χ2v) is 8.33. The van der Waals surface area contributed by atoms with Crippen molar-refractivity contribution in [2.75, 3.05) is 0 Å². The predicted octanol–water partition coefficient (Wildman–Crippen LogP) is 6.29. The summed E-state index contributed by atoms with van der Waals surface area (Å²) in [6.45, 7) is 4.20. The summed E-state index contributed by atoms with van der Waals surface area (Å²) >= 11 is 0. The smallest absolute Gasteiger partial charge is 0.150 e. The molecule has 0 aromatic heterocycles. The van der Waals surface area contributed by atoms with E-state index in [-0.39, 0.29) is 0 Å². The largest absolute Gasteiger partial charge is 0.298 e. The SMILES string of the molecule is Cc1ccc2c(c1)C(c1cccc(C=O)c1)(c1cccc(C=O)c1)c1cc(C)ccc1-2. The Labute approximate surface area is 182 Å². The number of aryl methyl sites for hydroxylation is 2. The van der Waals surface area contributed by atoms with Crippen LogP contribution in [0.15, 0.2) is 84.9 Å². The number of fused-ring (bicyclic) bond motifs is 3. The molecule has 150 valence electrons. The number of aldehydes is 2. The van der Waals surface area contributed by atoms with Crippen LogP contribution in [0.5, 0.6) is 0 Å². The highest BCUT2D eigenvalue weighted by Crippen LogP contribution is 2.56. The molecule has 2 nitrogen and oxygen atoms in total. The lowest BCUT2D eigenvalue weighted by molar-refractivity contribution is 0.111. The van der Waals surface area contributed by atoms with Crippen molar-refractivity contribution in [1.29, 1.82) is 0 Å². The van der Waals surface area contributed by atoms with Gasteiger partial charge in [-0.1, -0.05) is 83.9 Å². The van der Waals surface area contributed by atoms with Crippen LogP contribution in [0.25, 0.3) is 11.1 Å². The van der Waals surface area contributed by atoms with Gasteiger partial charge in [0, 0.05) is 11.1 Å². The van der Waals surface area contributed by atoms with Crippen LogP contribution in [-0.4, -0.2) is 12.6 Å². The molecular weight excluding hydrogens is 380 g/mol. The van der Waals surface area contributed by atoms with E-state index in [4.69, 9.17) is 0 Å². The number of benzene rings is 4. The van der Waals surface area contributed by atoms with Crippen molar-refractivity contribution in [2.45, 2.75) is 19.3 Å². The zero-order chi connectivity index (χ0) is 21.6. The molecule has 5 rings (SSSR count). The minimum atomic E-state index is -0.610. The van der Waals surface area contributed by atoms with Crippen LogP contribution in [0.4, 0.5) is 0 Å². The van der Waals surface area contributed by atoms with Crippen molar-refractivity contribution in [3.63, 3.8) is 0 Å². The van der Waals surface area contributed by atoms with Gasteiger partial charge < -0.3 is 0 Å². The Morgan fingerprint density at radius 1 is 0.581 bits per heavy atom. The maximum absolute atomic E-state index is 11.7. The maximum atomic E-state index is 11.7. The monoisotopic (exact) mass is 402 g/mol. The molecular formula is C29H22O2. The highest BCUT2D eigenvalue weighted by atomic mass is 16.1. The molecule has 2 heteroatoms. The molecule has 1 aliphatic carbocycles. The standard InChI is InChI=1S/C29H22O2/c1-19-9-11-25-26-12-10-20(2)14-28(26)29(27(25)13-19,23-7-3-5-21(15-23)17-30)24-8-4-6-22(16-24)18-31/h3-18H,1-2H3. The van der Waals surface area contributed by atoms with Crippen molar-refractivity contribution in [1.82, 2.24) is 0 Å². The highest BCUT2D eigenvalue weighted by Gasteiger charge is 2.46. The molecule has 0 heterocycles. The number of carbonyl (C=O) groups excluding carboxylic acids is 2. The third kappa shape index (κ3) is 2.79. The average Bonchev–Trinajstić information content (AvgIpc) is 3.08. The molecule has 0 amide bonds. The van der Waals surface area contributed by atoms with Gasteiger partial charge in [-0.2, -0.15) is 0 Å². The third-order valence-electron chi connectivity index (χ3n) is 6.36. The molecule has 0 fully saturated rings. The summed E-state index contributed by atoms with van der Waals surface area (Å²) in [6, 6.07) is 28.8. The first kappa shape index (κ1) is 19.2. The van der Waals surface area contributed by atoms with Crippen LogP contribution < -0.4 is 0 Å². The Morgan fingerprint density at radius 3 is 1.45 bits per heavy atom. The van der Waals surface area contributed by atoms with Gasteiger partial charge in [0.15, 0.2) is 0 Å². The number of hydrogen-bond donors (Lipinski definition) is 0. The Kier molecular flexibility index (Phi) is 4.44. The van der Waals surface area contributed by atoms with Gasteiger partial charge >= 0.3 is 0 Å². The second kappa shape index (κ2) is 7.17. The molecule has 0 N–H and O–H groups in total. The Balaban J connectivity index is 2.00. The van der Waals surface area contributed by atoms with Gasteiger partial charge in [0.2, 0.25) is 0 Å². The minimum Gasteiger partial charge on any atom is -0.298 e. The lowest BCUT2D eigenvalue weighted by Gasteiger charge is -2.34. The number of hydrogen-bond acceptors (Lipinski definition) is 2. The summed E-state index contributed by atoms with van der Waals surface area (Å²) in [5.74, 6) is 0. The molecule has 0 unspecified atom stereocenters. The normalized spacial score (nSPS) is 13.4. The highest BCUT2D eigenvalue weighted by molar-refractivity contribution is 5.88. The van der Waals surface area contributed by atoms with Crippen molar-refractivity contribution in [2.24, 2.45) is 0 Å². The van der Waals surface area contributed by atoms with Crippen molar-refractivity contribution in [3.05, 3.63) is 129 Å².